The maximum absolute atomic E-state index is 12.9. The number of urea groups is 1. The highest BCUT2D eigenvalue weighted by atomic mass is 32.1. The van der Waals surface area contributed by atoms with Gasteiger partial charge in [0.05, 0.1) is 11.7 Å². The highest BCUT2D eigenvalue weighted by molar-refractivity contribution is 7.14. The Labute approximate surface area is 166 Å². The molecule has 2 saturated heterocycles. The zero-order valence-electron chi connectivity index (χ0n) is 15.5. The summed E-state index contributed by atoms with van der Waals surface area (Å²) >= 11 is 1.53. The summed E-state index contributed by atoms with van der Waals surface area (Å²) in [5, 5.41) is 13.9. The van der Waals surface area contributed by atoms with Crippen LogP contribution in [0.2, 0.25) is 0 Å². The monoisotopic (exact) mass is 395 g/mol. The number of nitrogens with one attached hydrogen (secondary N) is 1. The first kappa shape index (κ1) is 17.4. The van der Waals surface area contributed by atoms with E-state index in [0.29, 0.717) is 5.82 Å². The van der Waals surface area contributed by atoms with Crippen LogP contribution in [0, 0.1) is 6.92 Å². The Morgan fingerprint density at radius 2 is 1.96 bits per heavy atom. The van der Waals surface area contributed by atoms with Gasteiger partial charge in [0.15, 0.2) is 0 Å². The van der Waals surface area contributed by atoms with Gasteiger partial charge in [-0.05, 0) is 44.7 Å². The van der Waals surface area contributed by atoms with E-state index in [1.807, 2.05) is 24.0 Å². The van der Waals surface area contributed by atoms with Crippen molar-refractivity contribution in [3.05, 3.63) is 29.5 Å². The molecule has 8 nitrogen and oxygen atoms in total. The van der Waals surface area contributed by atoms with Crippen LogP contribution < -0.4 is 11.1 Å². The number of nitrogens with zero attached hydrogens (tertiary/aromatic N) is 5. The molecule has 1 unspecified atom stereocenters. The number of nitrogens with two attached hydrogens (primary N) is 1. The van der Waals surface area contributed by atoms with E-state index in [2.05, 4.69) is 25.5 Å². The number of carbonyl (C=O) groups is 1. The molecule has 3 aromatic rings. The van der Waals surface area contributed by atoms with Crippen molar-refractivity contribution < 1.29 is 4.79 Å². The van der Waals surface area contributed by atoms with Crippen LogP contribution in [0.5, 0.6) is 0 Å². The van der Waals surface area contributed by atoms with E-state index >= 15 is 0 Å². The van der Waals surface area contributed by atoms with Gasteiger partial charge in [-0.2, -0.15) is 0 Å². The molecule has 0 saturated carbocycles. The van der Waals surface area contributed by atoms with Crippen molar-refractivity contribution in [1.29, 1.82) is 0 Å². The average molecular weight is 395 g/mol. The molecule has 5 rings (SSSR count). The van der Waals surface area contributed by atoms with Gasteiger partial charge >= 0.3 is 6.03 Å². The number of carbonyl (C=O) groups excluding carboxylic acids is 1. The number of fused-ring (bicyclic) bond motifs is 3. The number of amides is 2. The molecule has 3 atom stereocenters. The van der Waals surface area contributed by atoms with Gasteiger partial charge in [-0.25, -0.2) is 9.78 Å². The zero-order valence-corrected chi connectivity index (χ0v) is 16.3. The summed E-state index contributed by atoms with van der Waals surface area (Å²) in [5.41, 5.74) is 7.79. The largest absolute Gasteiger partial charge is 0.328 e. The van der Waals surface area contributed by atoms with E-state index in [1.54, 1.807) is 12.4 Å². The van der Waals surface area contributed by atoms with Crippen molar-refractivity contribution in [2.24, 2.45) is 5.73 Å². The van der Waals surface area contributed by atoms with Gasteiger partial charge in [0.1, 0.15) is 15.8 Å². The van der Waals surface area contributed by atoms with Crippen molar-refractivity contribution in [1.82, 2.24) is 25.1 Å². The van der Waals surface area contributed by atoms with Crippen LogP contribution in [-0.4, -0.2) is 49.2 Å². The molecule has 0 spiro atoms. The van der Waals surface area contributed by atoms with Gasteiger partial charge in [-0.3, -0.25) is 10.3 Å². The lowest BCUT2D eigenvalue weighted by molar-refractivity contribution is 0.150. The third-order valence-corrected chi connectivity index (χ3v) is 6.47. The minimum Gasteiger partial charge on any atom is -0.328 e. The molecule has 2 aliphatic heterocycles. The maximum Gasteiger partial charge on any atom is 0.323 e. The van der Waals surface area contributed by atoms with Gasteiger partial charge in [0, 0.05) is 35.3 Å². The van der Waals surface area contributed by atoms with Crippen LogP contribution >= 0.6 is 11.3 Å². The molecule has 3 aromatic heterocycles. The first-order valence-corrected chi connectivity index (χ1v) is 10.3. The Bertz CT molecular complexity index is 1040. The maximum atomic E-state index is 12.9. The number of piperidine rings is 1. The molecule has 2 fully saturated rings. The number of hydrogen-bond acceptors (Lipinski definition) is 7. The van der Waals surface area contributed by atoms with Crippen LogP contribution in [0.4, 0.5) is 10.6 Å². The van der Waals surface area contributed by atoms with Gasteiger partial charge < -0.3 is 10.6 Å². The predicted octanol–water partition coefficient (Wildman–Crippen LogP) is 2.94. The quantitative estimate of drug-likeness (QED) is 0.690. The van der Waals surface area contributed by atoms with Crippen molar-refractivity contribution >= 4 is 34.1 Å². The Morgan fingerprint density at radius 1 is 1.18 bits per heavy atom. The fraction of sp³-hybridized carbons (Fsp3) is 0.421. The van der Waals surface area contributed by atoms with Crippen LogP contribution in [0.3, 0.4) is 0 Å². The fourth-order valence-electron chi connectivity index (χ4n) is 4.35. The molecule has 0 aromatic carbocycles. The summed E-state index contributed by atoms with van der Waals surface area (Å²) in [6, 6.07) is 4.45. The molecule has 28 heavy (non-hydrogen) atoms. The molecule has 0 aliphatic carbocycles. The smallest absolute Gasteiger partial charge is 0.323 e. The van der Waals surface area contributed by atoms with Gasteiger partial charge in [0.25, 0.3) is 0 Å². The molecule has 0 radical (unpaired) electrons. The topological polar surface area (TPSA) is 110 Å². The lowest BCUT2D eigenvalue weighted by Crippen LogP contribution is -2.51. The fourth-order valence-corrected chi connectivity index (χ4v) is 5.03. The number of anilines is 1. The Morgan fingerprint density at radius 3 is 2.68 bits per heavy atom. The van der Waals surface area contributed by atoms with Crippen molar-refractivity contribution in [2.45, 2.75) is 50.7 Å². The molecular weight excluding hydrogens is 374 g/mol. The van der Waals surface area contributed by atoms with E-state index in [1.165, 1.54) is 11.3 Å². The summed E-state index contributed by atoms with van der Waals surface area (Å²) in [6.45, 7) is 1.92. The molecule has 9 heteroatoms. The Balaban J connectivity index is 1.39. The van der Waals surface area contributed by atoms with Crippen molar-refractivity contribution in [3.8, 4) is 10.6 Å². The highest BCUT2D eigenvalue weighted by Crippen LogP contribution is 2.35. The second-order valence-electron chi connectivity index (χ2n) is 7.57. The Kier molecular flexibility index (Phi) is 4.21. The van der Waals surface area contributed by atoms with E-state index in [-0.39, 0.29) is 24.2 Å². The lowest BCUT2D eigenvalue weighted by Gasteiger charge is -2.37. The predicted molar refractivity (Wildman–Crippen MR) is 108 cm³/mol. The third-order valence-electron chi connectivity index (χ3n) is 5.58. The Hall–Kier alpha value is -2.65. The summed E-state index contributed by atoms with van der Waals surface area (Å²) in [5.74, 6) is 0.527. The zero-order chi connectivity index (χ0) is 19.3. The minimum absolute atomic E-state index is 0.0879. The normalized spacial score (nSPS) is 23.9. The second kappa shape index (κ2) is 6.75. The molecular formula is C19H21N7OS. The van der Waals surface area contributed by atoms with Crippen LogP contribution in [0.1, 0.15) is 30.7 Å². The number of aryl methyl sites for hydroxylation is 1. The second-order valence-corrected chi connectivity index (χ2v) is 8.75. The number of aromatic nitrogens is 4. The SMILES string of the molecule is Cc1nnc(-c2cnc3cnc(NC(=O)N4[C@@H]5CC[C@H]4CC(N)C5)cc3c2)s1. The summed E-state index contributed by atoms with van der Waals surface area (Å²) in [4.78, 5) is 23.7. The van der Waals surface area contributed by atoms with E-state index < -0.39 is 0 Å². The summed E-state index contributed by atoms with van der Waals surface area (Å²) in [6.07, 6.45) is 7.28. The first-order chi connectivity index (χ1) is 13.6. The average Bonchev–Trinajstić information content (AvgIpc) is 3.22. The molecule has 2 aliphatic rings. The summed E-state index contributed by atoms with van der Waals surface area (Å²) in [7, 11) is 0. The number of hydrogen-bond donors (Lipinski definition) is 2. The first-order valence-electron chi connectivity index (χ1n) is 9.48. The van der Waals surface area contributed by atoms with E-state index in [9.17, 15) is 4.79 Å². The van der Waals surface area contributed by atoms with Gasteiger partial charge in [-0.1, -0.05) is 11.3 Å². The molecule has 144 valence electrons. The number of rotatable bonds is 2. The molecule has 2 amide bonds. The van der Waals surface area contributed by atoms with Gasteiger partial charge in [-0.15, -0.1) is 10.2 Å². The van der Waals surface area contributed by atoms with Gasteiger partial charge in [0.2, 0.25) is 0 Å². The van der Waals surface area contributed by atoms with E-state index in [4.69, 9.17) is 5.73 Å². The van der Waals surface area contributed by atoms with Crippen molar-refractivity contribution in [3.63, 3.8) is 0 Å². The lowest BCUT2D eigenvalue weighted by atomic mass is 9.99. The van der Waals surface area contributed by atoms with Crippen LogP contribution in [0.15, 0.2) is 24.5 Å². The van der Waals surface area contributed by atoms with Crippen LogP contribution in [0.25, 0.3) is 21.5 Å². The molecule has 2 bridgehead atoms. The molecule has 5 heterocycles. The van der Waals surface area contributed by atoms with E-state index in [0.717, 1.165) is 52.2 Å². The highest BCUT2D eigenvalue weighted by Gasteiger charge is 2.42. The van der Waals surface area contributed by atoms with Crippen LogP contribution in [-0.2, 0) is 0 Å². The standard InChI is InChI=1S/C19H21N7OS/c1-10-24-25-18(28-10)12-4-11-5-17(22-9-16(11)21-8-12)23-19(27)26-14-2-3-15(26)7-13(20)6-14/h4-5,8-9,13-15H,2-3,6-7,20H2,1H3,(H,22,23,27)/t13?,14-,15+. The minimum atomic E-state index is -0.0879. The van der Waals surface area contributed by atoms with Crippen molar-refractivity contribution in [2.75, 3.05) is 5.32 Å². The third kappa shape index (κ3) is 3.10. The summed E-state index contributed by atoms with van der Waals surface area (Å²) < 4.78 is 0. The molecule has 3 N–H and O–H groups in total. The number of pyridine rings is 2.